The molecule has 0 radical (unpaired) electrons. The van der Waals surface area contributed by atoms with Gasteiger partial charge in [-0.25, -0.2) is 4.98 Å². The lowest BCUT2D eigenvalue weighted by atomic mass is 10.1. The summed E-state index contributed by atoms with van der Waals surface area (Å²) in [6.07, 6.45) is 0. The highest BCUT2D eigenvalue weighted by molar-refractivity contribution is 7.80. The molecule has 1 aromatic carbocycles. The number of nitrogens with two attached hydrogens (primary N) is 1. The van der Waals surface area contributed by atoms with Crippen LogP contribution in [0.4, 0.5) is 0 Å². The maximum atomic E-state index is 5.70. The second-order valence-corrected chi connectivity index (χ2v) is 5.47. The third-order valence-electron chi connectivity index (χ3n) is 3.50. The van der Waals surface area contributed by atoms with E-state index in [0.29, 0.717) is 4.99 Å². The van der Waals surface area contributed by atoms with Gasteiger partial charge in [0.25, 0.3) is 0 Å². The summed E-state index contributed by atoms with van der Waals surface area (Å²) in [4.78, 5) is 5.16. The van der Waals surface area contributed by atoms with Crippen LogP contribution < -0.4 is 5.73 Å². The largest absolute Gasteiger partial charge is 0.393 e. The standard InChI is InChI=1S/C14H19N3S/c1-8-5-12-13(6-9(8)2)17(11(4)16-12)7-10(3)14(15)18/h5-6,10H,7H2,1-4H3,(H2,15,18). The topological polar surface area (TPSA) is 43.8 Å². The summed E-state index contributed by atoms with van der Waals surface area (Å²) in [5.74, 6) is 1.19. The van der Waals surface area contributed by atoms with E-state index in [0.717, 1.165) is 17.9 Å². The van der Waals surface area contributed by atoms with E-state index in [4.69, 9.17) is 18.0 Å². The Morgan fingerprint density at radius 3 is 2.56 bits per heavy atom. The van der Waals surface area contributed by atoms with E-state index in [1.54, 1.807) is 0 Å². The van der Waals surface area contributed by atoms with Gasteiger partial charge in [-0.05, 0) is 44.0 Å². The van der Waals surface area contributed by atoms with Gasteiger partial charge in [0, 0.05) is 12.5 Å². The number of nitrogens with zero attached hydrogens (tertiary/aromatic N) is 2. The summed E-state index contributed by atoms with van der Waals surface area (Å²) < 4.78 is 2.20. The number of aryl methyl sites for hydroxylation is 3. The molecule has 0 spiro atoms. The van der Waals surface area contributed by atoms with E-state index in [2.05, 4.69) is 42.5 Å². The molecular weight excluding hydrogens is 242 g/mol. The molecule has 0 aliphatic heterocycles. The van der Waals surface area contributed by atoms with Crippen LogP contribution in [0.3, 0.4) is 0 Å². The van der Waals surface area contributed by atoms with E-state index in [-0.39, 0.29) is 5.92 Å². The Hall–Kier alpha value is -1.42. The molecule has 0 saturated carbocycles. The van der Waals surface area contributed by atoms with Crippen molar-refractivity contribution < 1.29 is 0 Å². The Kier molecular flexibility index (Phi) is 3.39. The summed E-state index contributed by atoms with van der Waals surface area (Å²) in [7, 11) is 0. The number of hydrogen-bond acceptors (Lipinski definition) is 2. The lowest BCUT2D eigenvalue weighted by Gasteiger charge is -2.13. The van der Waals surface area contributed by atoms with Crippen LogP contribution in [0.2, 0.25) is 0 Å². The smallest absolute Gasteiger partial charge is 0.106 e. The molecule has 2 aromatic rings. The Morgan fingerprint density at radius 2 is 1.94 bits per heavy atom. The molecule has 1 atom stereocenters. The van der Waals surface area contributed by atoms with Gasteiger partial charge in [-0.2, -0.15) is 0 Å². The molecule has 0 aliphatic carbocycles. The first-order chi connectivity index (χ1) is 8.40. The van der Waals surface area contributed by atoms with Crippen molar-refractivity contribution in [2.75, 3.05) is 0 Å². The SMILES string of the molecule is Cc1cc2nc(C)n(CC(C)C(N)=S)c2cc1C. The molecule has 1 heterocycles. The summed E-state index contributed by atoms with van der Waals surface area (Å²) >= 11 is 5.05. The first-order valence-electron chi connectivity index (χ1n) is 6.13. The number of thiocarbonyl (C=S) groups is 1. The predicted octanol–water partition coefficient (Wildman–Crippen LogP) is 2.88. The number of aromatic nitrogens is 2. The molecule has 0 bridgehead atoms. The van der Waals surface area contributed by atoms with Crippen molar-refractivity contribution in [2.24, 2.45) is 11.7 Å². The molecule has 2 rings (SSSR count). The van der Waals surface area contributed by atoms with E-state index in [9.17, 15) is 0 Å². The van der Waals surface area contributed by atoms with Gasteiger partial charge < -0.3 is 10.3 Å². The van der Waals surface area contributed by atoms with Crippen LogP contribution in [-0.4, -0.2) is 14.5 Å². The minimum atomic E-state index is 0.178. The van der Waals surface area contributed by atoms with Crippen LogP contribution >= 0.6 is 12.2 Å². The first-order valence-corrected chi connectivity index (χ1v) is 6.54. The van der Waals surface area contributed by atoms with Crippen molar-refractivity contribution in [1.29, 1.82) is 0 Å². The monoisotopic (exact) mass is 261 g/mol. The van der Waals surface area contributed by atoms with E-state index in [1.807, 2.05) is 6.92 Å². The van der Waals surface area contributed by atoms with Gasteiger partial charge in [0.05, 0.1) is 16.0 Å². The average Bonchev–Trinajstić information content (AvgIpc) is 2.56. The summed E-state index contributed by atoms with van der Waals surface area (Å²) in [5.41, 5.74) is 10.5. The lowest BCUT2D eigenvalue weighted by molar-refractivity contribution is 0.598. The molecule has 0 fully saturated rings. The van der Waals surface area contributed by atoms with Gasteiger partial charge in [0.2, 0.25) is 0 Å². The molecule has 2 N–H and O–H groups in total. The molecule has 18 heavy (non-hydrogen) atoms. The van der Waals surface area contributed by atoms with E-state index >= 15 is 0 Å². The zero-order valence-corrected chi connectivity index (χ0v) is 12.1. The highest BCUT2D eigenvalue weighted by Crippen LogP contribution is 2.21. The number of rotatable bonds is 3. The van der Waals surface area contributed by atoms with Gasteiger partial charge in [-0.3, -0.25) is 0 Å². The van der Waals surface area contributed by atoms with Crippen molar-refractivity contribution in [3.63, 3.8) is 0 Å². The number of hydrogen-bond donors (Lipinski definition) is 1. The molecule has 3 nitrogen and oxygen atoms in total. The second kappa shape index (κ2) is 4.69. The maximum absolute atomic E-state index is 5.70. The zero-order chi connectivity index (χ0) is 13.4. The molecule has 96 valence electrons. The van der Waals surface area contributed by atoms with Gasteiger partial charge in [-0.1, -0.05) is 19.1 Å². The zero-order valence-electron chi connectivity index (χ0n) is 11.3. The van der Waals surface area contributed by atoms with Crippen LogP contribution in [0, 0.1) is 26.7 Å². The van der Waals surface area contributed by atoms with Crippen LogP contribution in [0.1, 0.15) is 23.9 Å². The Bertz CT molecular complexity index is 613. The Balaban J connectivity index is 2.53. The van der Waals surface area contributed by atoms with Crippen molar-refractivity contribution in [1.82, 2.24) is 9.55 Å². The van der Waals surface area contributed by atoms with Crippen LogP contribution in [0.15, 0.2) is 12.1 Å². The average molecular weight is 261 g/mol. The molecular formula is C14H19N3S. The molecule has 0 aliphatic rings. The maximum Gasteiger partial charge on any atom is 0.106 e. The van der Waals surface area contributed by atoms with Gasteiger partial charge >= 0.3 is 0 Å². The van der Waals surface area contributed by atoms with Crippen LogP contribution in [0.25, 0.3) is 11.0 Å². The van der Waals surface area contributed by atoms with Crippen molar-refractivity contribution in [3.8, 4) is 0 Å². The van der Waals surface area contributed by atoms with E-state index in [1.165, 1.54) is 16.6 Å². The summed E-state index contributed by atoms with van der Waals surface area (Å²) in [6, 6.07) is 4.33. The quantitative estimate of drug-likeness (QED) is 0.864. The van der Waals surface area contributed by atoms with Gasteiger partial charge in [0.1, 0.15) is 5.82 Å². The second-order valence-electron chi connectivity index (χ2n) is 5.00. The van der Waals surface area contributed by atoms with Crippen LogP contribution in [-0.2, 0) is 6.54 Å². The Morgan fingerprint density at radius 1 is 1.33 bits per heavy atom. The number of benzene rings is 1. The lowest BCUT2D eigenvalue weighted by Crippen LogP contribution is -2.23. The highest BCUT2D eigenvalue weighted by Gasteiger charge is 2.13. The molecule has 0 amide bonds. The normalized spacial score (nSPS) is 12.9. The predicted molar refractivity (Wildman–Crippen MR) is 79.9 cm³/mol. The van der Waals surface area contributed by atoms with Crippen molar-refractivity contribution in [3.05, 3.63) is 29.1 Å². The van der Waals surface area contributed by atoms with Gasteiger partial charge in [0.15, 0.2) is 0 Å². The minimum Gasteiger partial charge on any atom is -0.393 e. The highest BCUT2D eigenvalue weighted by atomic mass is 32.1. The summed E-state index contributed by atoms with van der Waals surface area (Å²) in [6.45, 7) is 9.10. The molecule has 0 saturated heterocycles. The fourth-order valence-corrected chi connectivity index (χ4v) is 2.17. The van der Waals surface area contributed by atoms with Crippen molar-refractivity contribution >= 4 is 28.2 Å². The van der Waals surface area contributed by atoms with E-state index < -0.39 is 0 Å². The Labute approximate surface area is 113 Å². The van der Waals surface area contributed by atoms with Crippen molar-refractivity contribution in [2.45, 2.75) is 34.2 Å². The molecule has 1 aromatic heterocycles. The summed E-state index contributed by atoms with van der Waals surface area (Å²) in [5, 5.41) is 0. The minimum absolute atomic E-state index is 0.178. The first kappa shape index (κ1) is 13.0. The number of fused-ring (bicyclic) bond motifs is 1. The fourth-order valence-electron chi connectivity index (χ4n) is 2.09. The molecule has 1 unspecified atom stereocenters. The van der Waals surface area contributed by atoms with Gasteiger partial charge in [-0.15, -0.1) is 0 Å². The third-order valence-corrected chi connectivity index (χ3v) is 3.90. The fraction of sp³-hybridized carbons (Fsp3) is 0.429. The van der Waals surface area contributed by atoms with Crippen LogP contribution in [0.5, 0.6) is 0 Å². The molecule has 4 heteroatoms. The number of imidazole rings is 1. The third kappa shape index (κ3) is 2.25.